The molecule has 86 valence electrons. The van der Waals surface area contributed by atoms with Crippen molar-refractivity contribution in [2.75, 3.05) is 33.5 Å². The maximum Gasteiger partial charge on any atom is 0.348 e. The summed E-state index contributed by atoms with van der Waals surface area (Å²) in [6.45, 7) is 8.76. The minimum absolute atomic E-state index is 0.969. The van der Waals surface area contributed by atoms with Gasteiger partial charge in [-0.2, -0.15) is 0 Å². The van der Waals surface area contributed by atoms with Crippen molar-refractivity contribution in [1.82, 2.24) is 4.90 Å². The minimum atomic E-state index is -1.91. The highest BCUT2D eigenvalue weighted by Gasteiger charge is 2.30. The second-order valence-corrected chi connectivity index (χ2v) is 7.16. The van der Waals surface area contributed by atoms with Crippen molar-refractivity contribution in [2.45, 2.75) is 33.2 Å². The molecule has 4 heteroatoms. The molecule has 0 aliphatic heterocycles. The first-order valence-electron chi connectivity index (χ1n) is 5.44. The maximum atomic E-state index is 5.47. The van der Waals surface area contributed by atoms with Crippen molar-refractivity contribution >= 4 is 8.56 Å². The van der Waals surface area contributed by atoms with Gasteiger partial charge in [0, 0.05) is 20.4 Å². The monoisotopic (exact) mass is 219 g/mol. The Labute approximate surface area is 89.6 Å². The summed E-state index contributed by atoms with van der Waals surface area (Å²) in [4.78, 5) is 2.42. The fraction of sp³-hybridized carbons (Fsp3) is 1.00. The van der Waals surface area contributed by atoms with Crippen LogP contribution in [-0.2, 0) is 8.85 Å². The zero-order valence-corrected chi connectivity index (χ0v) is 11.3. The summed E-state index contributed by atoms with van der Waals surface area (Å²) >= 11 is 0. The van der Waals surface area contributed by atoms with E-state index in [1.165, 1.54) is 12.8 Å². The highest BCUT2D eigenvalue weighted by Crippen LogP contribution is 2.07. The van der Waals surface area contributed by atoms with Crippen LogP contribution in [0.1, 0.15) is 26.7 Å². The van der Waals surface area contributed by atoms with Crippen LogP contribution in [0.15, 0.2) is 0 Å². The van der Waals surface area contributed by atoms with Crippen LogP contribution in [0.3, 0.4) is 0 Å². The molecule has 0 rings (SSSR count). The van der Waals surface area contributed by atoms with Crippen molar-refractivity contribution < 1.29 is 8.85 Å². The molecule has 0 heterocycles. The van der Waals surface area contributed by atoms with Crippen molar-refractivity contribution in [2.24, 2.45) is 0 Å². The largest absolute Gasteiger partial charge is 0.397 e. The Morgan fingerprint density at radius 2 is 1.71 bits per heavy atom. The summed E-state index contributed by atoms with van der Waals surface area (Å²) in [5.74, 6) is 0. The quantitative estimate of drug-likeness (QED) is 0.583. The highest BCUT2D eigenvalue weighted by molar-refractivity contribution is 6.66. The molecule has 0 N–H and O–H groups in total. The van der Waals surface area contributed by atoms with Crippen molar-refractivity contribution in [3.63, 3.8) is 0 Å². The van der Waals surface area contributed by atoms with Crippen LogP contribution in [0.25, 0.3) is 0 Å². The van der Waals surface area contributed by atoms with Gasteiger partial charge in [-0.05, 0) is 26.1 Å². The lowest BCUT2D eigenvalue weighted by Gasteiger charge is -2.30. The van der Waals surface area contributed by atoms with Gasteiger partial charge in [-0.15, -0.1) is 0 Å². The van der Waals surface area contributed by atoms with Gasteiger partial charge in [0.05, 0.1) is 0 Å². The average molecular weight is 219 g/mol. The standard InChI is InChI=1S/C10H25NO2Si/c1-6-8-9-11(7-2)10-14(5,12-3)13-4/h6-10H2,1-5H3. The number of hydrogen-bond donors (Lipinski definition) is 0. The fourth-order valence-electron chi connectivity index (χ4n) is 1.35. The number of hydrogen-bond acceptors (Lipinski definition) is 3. The Morgan fingerprint density at radius 1 is 1.14 bits per heavy atom. The van der Waals surface area contributed by atoms with E-state index in [1.807, 2.05) is 0 Å². The Balaban J connectivity index is 4.00. The molecular weight excluding hydrogens is 194 g/mol. The Kier molecular flexibility index (Phi) is 7.45. The molecule has 0 aromatic rings. The normalized spacial score (nSPS) is 12.4. The van der Waals surface area contributed by atoms with E-state index in [2.05, 4.69) is 25.3 Å². The van der Waals surface area contributed by atoms with Gasteiger partial charge in [0.2, 0.25) is 0 Å². The minimum Gasteiger partial charge on any atom is -0.397 e. The van der Waals surface area contributed by atoms with Gasteiger partial charge in [0.1, 0.15) is 0 Å². The molecule has 0 bridgehead atoms. The molecule has 14 heavy (non-hydrogen) atoms. The third-order valence-electron chi connectivity index (χ3n) is 2.65. The van der Waals surface area contributed by atoms with Gasteiger partial charge in [0.25, 0.3) is 0 Å². The first-order chi connectivity index (χ1) is 6.61. The van der Waals surface area contributed by atoms with Crippen LogP contribution in [0.5, 0.6) is 0 Å². The summed E-state index contributed by atoms with van der Waals surface area (Å²) < 4.78 is 10.9. The first-order valence-corrected chi connectivity index (χ1v) is 7.96. The lowest BCUT2D eigenvalue weighted by atomic mass is 10.3. The lowest BCUT2D eigenvalue weighted by molar-refractivity contribution is 0.210. The molecule has 0 atom stereocenters. The van der Waals surface area contributed by atoms with E-state index in [0.717, 1.165) is 19.3 Å². The lowest BCUT2D eigenvalue weighted by Crippen LogP contribution is -2.49. The molecule has 0 aliphatic rings. The molecule has 0 aliphatic carbocycles. The van der Waals surface area contributed by atoms with E-state index in [-0.39, 0.29) is 0 Å². The van der Waals surface area contributed by atoms with E-state index >= 15 is 0 Å². The van der Waals surface area contributed by atoms with Gasteiger partial charge in [-0.1, -0.05) is 20.3 Å². The van der Waals surface area contributed by atoms with Crippen LogP contribution in [0.4, 0.5) is 0 Å². The molecule has 0 saturated carbocycles. The highest BCUT2D eigenvalue weighted by atomic mass is 28.4. The van der Waals surface area contributed by atoms with Gasteiger partial charge < -0.3 is 13.8 Å². The van der Waals surface area contributed by atoms with Crippen LogP contribution in [-0.4, -0.2) is 46.9 Å². The zero-order chi connectivity index (χ0) is 11.0. The summed E-state index contributed by atoms with van der Waals surface area (Å²) in [5.41, 5.74) is 0. The third kappa shape index (κ3) is 5.10. The number of nitrogens with zero attached hydrogens (tertiary/aromatic N) is 1. The number of unbranched alkanes of at least 4 members (excludes halogenated alkanes) is 1. The van der Waals surface area contributed by atoms with E-state index < -0.39 is 8.56 Å². The van der Waals surface area contributed by atoms with Crippen LogP contribution in [0.2, 0.25) is 6.55 Å². The van der Waals surface area contributed by atoms with Crippen LogP contribution in [0, 0.1) is 0 Å². The first kappa shape index (κ1) is 14.1. The van der Waals surface area contributed by atoms with Gasteiger partial charge >= 0.3 is 8.56 Å². The van der Waals surface area contributed by atoms with Gasteiger partial charge in [0.15, 0.2) is 0 Å². The average Bonchev–Trinajstić information content (AvgIpc) is 2.23. The topological polar surface area (TPSA) is 21.7 Å². The summed E-state index contributed by atoms with van der Waals surface area (Å²) in [7, 11) is 1.60. The van der Waals surface area contributed by atoms with Gasteiger partial charge in [-0.25, -0.2) is 0 Å². The zero-order valence-electron chi connectivity index (χ0n) is 10.3. The molecule has 3 nitrogen and oxygen atoms in total. The SMILES string of the molecule is CCCCN(CC)C[Si](C)(OC)OC. The molecule has 0 amide bonds. The summed E-state index contributed by atoms with van der Waals surface area (Å²) in [6.07, 6.45) is 3.47. The van der Waals surface area contributed by atoms with Gasteiger partial charge in [-0.3, -0.25) is 0 Å². The van der Waals surface area contributed by atoms with Crippen LogP contribution < -0.4 is 0 Å². The molecule has 0 saturated heterocycles. The molecule has 0 aromatic heterocycles. The summed E-state index contributed by atoms with van der Waals surface area (Å²) in [5, 5.41) is 0. The van der Waals surface area contributed by atoms with Crippen molar-refractivity contribution in [1.29, 1.82) is 0 Å². The molecule has 0 aromatic carbocycles. The summed E-state index contributed by atoms with van der Waals surface area (Å²) in [6, 6.07) is 0. The van der Waals surface area contributed by atoms with Crippen LogP contribution >= 0.6 is 0 Å². The molecular formula is C10H25NO2Si. The third-order valence-corrected chi connectivity index (χ3v) is 5.40. The molecule has 0 spiro atoms. The van der Waals surface area contributed by atoms with E-state index in [9.17, 15) is 0 Å². The smallest absolute Gasteiger partial charge is 0.348 e. The molecule has 0 unspecified atom stereocenters. The number of rotatable bonds is 8. The Bertz CT molecular complexity index is 140. The second kappa shape index (κ2) is 7.40. The maximum absolute atomic E-state index is 5.47. The van der Waals surface area contributed by atoms with E-state index in [1.54, 1.807) is 14.2 Å². The second-order valence-electron chi connectivity index (χ2n) is 3.76. The molecule has 0 fully saturated rings. The Hall–Kier alpha value is 0.0969. The predicted octanol–water partition coefficient (Wildman–Crippen LogP) is 2.01. The van der Waals surface area contributed by atoms with E-state index in [0.29, 0.717) is 0 Å². The van der Waals surface area contributed by atoms with Crippen molar-refractivity contribution in [3.05, 3.63) is 0 Å². The fourth-order valence-corrected chi connectivity index (χ4v) is 2.97. The predicted molar refractivity (Wildman–Crippen MR) is 62.7 cm³/mol. The molecule has 0 radical (unpaired) electrons. The Morgan fingerprint density at radius 3 is 2.07 bits per heavy atom. The van der Waals surface area contributed by atoms with E-state index in [4.69, 9.17) is 8.85 Å². The van der Waals surface area contributed by atoms with Crippen molar-refractivity contribution in [3.8, 4) is 0 Å².